The molecule has 1 fully saturated rings. The fraction of sp³-hybridized carbons (Fsp3) is 0.533. The summed E-state index contributed by atoms with van der Waals surface area (Å²) >= 11 is 0. The average molecular weight is 293 g/mol. The number of likely N-dealkylation sites (tertiary alicyclic amines) is 1. The molecular formula is C15H23N3O3. The van der Waals surface area contributed by atoms with Crippen molar-refractivity contribution in [1.29, 1.82) is 0 Å². The highest BCUT2D eigenvalue weighted by molar-refractivity contribution is 5.97. The largest absolute Gasteiger partial charge is 0.496 e. The number of methoxy groups -OCH3 is 1. The molecule has 6 heteroatoms. The van der Waals surface area contributed by atoms with Crippen molar-refractivity contribution < 1.29 is 15.1 Å². The van der Waals surface area contributed by atoms with E-state index in [0.29, 0.717) is 24.6 Å². The Labute approximate surface area is 124 Å². The van der Waals surface area contributed by atoms with E-state index >= 15 is 0 Å². The van der Waals surface area contributed by atoms with Gasteiger partial charge < -0.3 is 20.8 Å². The first-order valence-corrected chi connectivity index (χ1v) is 7.10. The van der Waals surface area contributed by atoms with Crippen LogP contribution in [-0.4, -0.2) is 47.4 Å². The predicted octanol–water partition coefficient (Wildman–Crippen LogP) is 0.992. The fourth-order valence-electron chi connectivity index (χ4n) is 2.62. The predicted molar refractivity (Wildman–Crippen MR) is 80.6 cm³/mol. The van der Waals surface area contributed by atoms with Gasteiger partial charge in [0, 0.05) is 24.2 Å². The number of nitrogens with two attached hydrogens (primary N) is 1. The molecule has 1 saturated heterocycles. The summed E-state index contributed by atoms with van der Waals surface area (Å²) in [6.45, 7) is 4.33. The van der Waals surface area contributed by atoms with Crippen LogP contribution in [0.25, 0.3) is 0 Å². The normalized spacial score (nSPS) is 24.0. The van der Waals surface area contributed by atoms with Gasteiger partial charge in [0.2, 0.25) is 0 Å². The summed E-state index contributed by atoms with van der Waals surface area (Å²) in [6.07, 6.45) is 0.681. The topological polar surface area (TPSA) is 91.3 Å². The molecule has 0 aliphatic carbocycles. The Bertz CT molecular complexity index is 519. The molecule has 1 aromatic carbocycles. The van der Waals surface area contributed by atoms with E-state index in [1.165, 1.54) is 0 Å². The molecule has 1 aliphatic heterocycles. The lowest BCUT2D eigenvalue weighted by atomic mass is 9.95. The Balaban J connectivity index is 2.18. The molecule has 2 rings (SSSR count). The zero-order chi connectivity index (χ0) is 15.4. The molecular weight excluding hydrogens is 270 g/mol. The lowest BCUT2D eigenvalue weighted by Crippen LogP contribution is -2.42. The van der Waals surface area contributed by atoms with Gasteiger partial charge in [0.25, 0.3) is 0 Å². The monoisotopic (exact) mass is 293 g/mol. The molecule has 2 unspecified atom stereocenters. The van der Waals surface area contributed by atoms with Crippen LogP contribution in [0.4, 0.5) is 0 Å². The van der Waals surface area contributed by atoms with E-state index in [-0.39, 0.29) is 11.9 Å². The molecule has 0 bridgehead atoms. The van der Waals surface area contributed by atoms with Gasteiger partial charge in [0.05, 0.1) is 13.2 Å². The number of β-amino-alcohol motifs (C(OH)–C–C–N with tert-alkyl or cyclic N) is 1. The zero-order valence-corrected chi connectivity index (χ0v) is 12.5. The van der Waals surface area contributed by atoms with Crippen molar-refractivity contribution in [2.24, 2.45) is 16.8 Å². The maximum Gasteiger partial charge on any atom is 0.170 e. The van der Waals surface area contributed by atoms with Gasteiger partial charge in [-0.25, -0.2) is 0 Å². The van der Waals surface area contributed by atoms with Gasteiger partial charge in [0.15, 0.2) is 5.84 Å². The molecule has 21 heavy (non-hydrogen) atoms. The van der Waals surface area contributed by atoms with Crippen molar-refractivity contribution in [1.82, 2.24) is 4.90 Å². The minimum atomic E-state index is -0.294. The first-order valence-electron chi connectivity index (χ1n) is 7.10. The van der Waals surface area contributed by atoms with Crippen molar-refractivity contribution in [3.05, 3.63) is 29.3 Å². The number of aliphatic hydroxyl groups is 1. The maximum absolute atomic E-state index is 9.99. The number of hydrogen-bond donors (Lipinski definition) is 3. The van der Waals surface area contributed by atoms with Crippen LogP contribution in [0.2, 0.25) is 0 Å². The molecule has 0 saturated carbocycles. The first kappa shape index (κ1) is 15.6. The second-order valence-electron chi connectivity index (χ2n) is 5.58. The van der Waals surface area contributed by atoms with Gasteiger partial charge in [-0.2, -0.15) is 0 Å². The summed E-state index contributed by atoms with van der Waals surface area (Å²) in [5, 5.41) is 21.8. The van der Waals surface area contributed by atoms with E-state index in [1.54, 1.807) is 13.2 Å². The smallest absolute Gasteiger partial charge is 0.170 e. The molecule has 1 aliphatic rings. The lowest BCUT2D eigenvalue weighted by Gasteiger charge is -2.34. The standard InChI is InChI=1S/C15H23N3O3/c1-10-5-6-18(9-13(10)19)8-12-7-11(15(16)17-20)3-4-14(12)21-2/h3-4,7,10,13,19-20H,5-6,8-9H2,1-2H3,(H2,16,17). The molecule has 1 heterocycles. The molecule has 0 radical (unpaired) electrons. The molecule has 2 atom stereocenters. The number of aliphatic hydroxyl groups excluding tert-OH is 1. The first-order chi connectivity index (χ1) is 10.0. The number of rotatable bonds is 4. The van der Waals surface area contributed by atoms with E-state index in [0.717, 1.165) is 24.3 Å². The van der Waals surface area contributed by atoms with E-state index in [2.05, 4.69) is 17.0 Å². The third-order valence-corrected chi connectivity index (χ3v) is 4.08. The number of nitrogens with zero attached hydrogens (tertiary/aromatic N) is 2. The van der Waals surface area contributed by atoms with Gasteiger partial charge in [-0.05, 0) is 37.1 Å². The highest BCUT2D eigenvalue weighted by Gasteiger charge is 2.24. The van der Waals surface area contributed by atoms with Crippen molar-refractivity contribution >= 4 is 5.84 Å². The highest BCUT2D eigenvalue weighted by Crippen LogP contribution is 2.24. The quantitative estimate of drug-likeness (QED) is 0.333. The molecule has 0 aromatic heterocycles. The summed E-state index contributed by atoms with van der Waals surface area (Å²) in [4.78, 5) is 2.19. The van der Waals surface area contributed by atoms with Crippen molar-refractivity contribution in [3.8, 4) is 5.75 Å². The lowest BCUT2D eigenvalue weighted by molar-refractivity contribution is 0.0256. The number of hydrogen-bond acceptors (Lipinski definition) is 5. The van der Waals surface area contributed by atoms with E-state index in [9.17, 15) is 5.11 Å². The van der Waals surface area contributed by atoms with Crippen LogP contribution in [0, 0.1) is 5.92 Å². The van der Waals surface area contributed by atoms with Crippen LogP contribution in [-0.2, 0) is 6.54 Å². The van der Waals surface area contributed by atoms with Gasteiger partial charge in [-0.3, -0.25) is 4.90 Å². The molecule has 4 N–H and O–H groups in total. The number of piperidine rings is 1. The van der Waals surface area contributed by atoms with Crippen LogP contribution in [0.15, 0.2) is 23.4 Å². The number of ether oxygens (including phenoxy) is 1. The van der Waals surface area contributed by atoms with Crippen molar-refractivity contribution in [3.63, 3.8) is 0 Å². The Morgan fingerprint density at radius 2 is 2.29 bits per heavy atom. The molecule has 1 aromatic rings. The number of benzene rings is 1. The minimum Gasteiger partial charge on any atom is -0.496 e. The van der Waals surface area contributed by atoms with E-state index < -0.39 is 0 Å². The Hall–Kier alpha value is -1.79. The Morgan fingerprint density at radius 1 is 1.52 bits per heavy atom. The number of oxime groups is 1. The van der Waals surface area contributed by atoms with Crippen molar-refractivity contribution in [2.45, 2.75) is 26.0 Å². The highest BCUT2D eigenvalue weighted by atomic mass is 16.5. The van der Waals surface area contributed by atoms with Gasteiger partial charge >= 0.3 is 0 Å². The van der Waals surface area contributed by atoms with Crippen LogP contribution in [0.5, 0.6) is 5.75 Å². The SMILES string of the molecule is COc1ccc(/C(N)=N/O)cc1CN1CCC(C)C(O)C1. The maximum atomic E-state index is 9.99. The van der Waals surface area contributed by atoms with E-state index in [4.69, 9.17) is 15.7 Å². The minimum absolute atomic E-state index is 0.0752. The molecule has 116 valence electrons. The Morgan fingerprint density at radius 3 is 2.90 bits per heavy atom. The molecule has 6 nitrogen and oxygen atoms in total. The summed E-state index contributed by atoms with van der Waals surface area (Å²) in [5.41, 5.74) is 7.25. The Kier molecular flexibility index (Phi) is 5.03. The van der Waals surface area contributed by atoms with Gasteiger partial charge in [-0.1, -0.05) is 12.1 Å². The molecule has 0 spiro atoms. The number of amidine groups is 1. The van der Waals surface area contributed by atoms with Gasteiger partial charge in [0.1, 0.15) is 5.75 Å². The average Bonchev–Trinajstić information content (AvgIpc) is 2.50. The second-order valence-corrected chi connectivity index (χ2v) is 5.58. The summed E-state index contributed by atoms with van der Waals surface area (Å²) in [5.74, 6) is 1.18. The third kappa shape index (κ3) is 3.65. The zero-order valence-electron chi connectivity index (χ0n) is 12.5. The summed E-state index contributed by atoms with van der Waals surface area (Å²) in [6, 6.07) is 5.43. The third-order valence-electron chi connectivity index (χ3n) is 4.08. The fourth-order valence-corrected chi connectivity index (χ4v) is 2.62. The summed E-state index contributed by atoms with van der Waals surface area (Å²) < 4.78 is 5.37. The van der Waals surface area contributed by atoms with Crippen LogP contribution < -0.4 is 10.5 Å². The second kappa shape index (κ2) is 6.78. The van der Waals surface area contributed by atoms with E-state index in [1.807, 2.05) is 12.1 Å². The van der Waals surface area contributed by atoms with Gasteiger partial charge in [-0.15, -0.1) is 0 Å². The van der Waals surface area contributed by atoms with Crippen LogP contribution >= 0.6 is 0 Å². The van der Waals surface area contributed by atoms with Crippen LogP contribution in [0.1, 0.15) is 24.5 Å². The van der Waals surface area contributed by atoms with Crippen LogP contribution in [0.3, 0.4) is 0 Å². The molecule has 0 amide bonds. The summed E-state index contributed by atoms with van der Waals surface area (Å²) in [7, 11) is 1.62. The van der Waals surface area contributed by atoms with Crippen molar-refractivity contribution in [2.75, 3.05) is 20.2 Å².